The highest BCUT2D eigenvalue weighted by atomic mass is 16.5. The van der Waals surface area contributed by atoms with Gasteiger partial charge in [0.1, 0.15) is 13.2 Å². The van der Waals surface area contributed by atoms with Crippen LogP contribution in [0.1, 0.15) is 31.8 Å². The Kier molecular flexibility index (Phi) is 6.66. The van der Waals surface area contributed by atoms with Crippen LogP contribution in [0.4, 0.5) is 5.69 Å². The molecule has 3 aromatic rings. The van der Waals surface area contributed by atoms with Crippen molar-refractivity contribution in [2.24, 2.45) is 4.99 Å². The molecule has 3 rings (SSSR count). The topological polar surface area (TPSA) is 82.0 Å². The predicted molar refractivity (Wildman–Crippen MR) is 105 cm³/mol. The number of rotatable bonds is 7. The fraction of sp³-hybridized carbons (Fsp3) is 0.0870. The van der Waals surface area contributed by atoms with Gasteiger partial charge in [0.15, 0.2) is 0 Å². The fourth-order valence-corrected chi connectivity index (χ4v) is 2.58. The van der Waals surface area contributed by atoms with Crippen LogP contribution in [0.25, 0.3) is 0 Å². The zero-order valence-electron chi connectivity index (χ0n) is 15.4. The predicted octanol–water partition coefficient (Wildman–Crippen LogP) is 4.37. The van der Waals surface area contributed by atoms with Gasteiger partial charge in [-0.1, -0.05) is 60.7 Å². The standard InChI is InChI=1S/C23H17NO5/c25-16-24-21-12-19(22(26)28-14-17-7-3-1-4-8-17)11-20(13-21)23(27)29-15-18-9-5-2-6-10-18/h1-13H,14-15H2. The number of hydrogen-bond acceptors (Lipinski definition) is 6. The van der Waals surface area contributed by atoms with Gasteiger partial charge < -0.3 is 9.47 Å². The molecule has 6 nitrogen and oxygen atoms in total. The molecule has 0 aliphatic rings. The lowest BCUT2D eigenvalue weighted by Gasteiger charge is -2.09. The molecule has 0 aromatic heterocycles. The van der Waals surface area contributed by atoms with Crippen molar-refractivity contribution < 1.29 is 23.9 Å². The monoisotopic (exact) mass is 387 g/mol. The Balaban J connectivity index is 1.75. The molecular weight excluding hydrogens is 370 g/mol. The van der Waals surface area contributed by atoms with E-state index in [1.54, 1.807) is 0 Å². The molecule has 144 valence electrons. The van der Waals surface area contributed by atoms with E-state index in [4.69, 9.17) is 9.47 Å². The average molecular weight is 387 g/mol. The maximum atomic E-state index is 12.4. The molecule has 0 aliphatic heterocycles. The van der Waals surface area contributed by atoms with Gasteiger partial charge in [0.05, 0.1) is 16.8 Å². The molecule has 0 aliphatic carbocycles. The van der Waals surface area contributed by atoms with Gasteiger partial charge in [0.2, 0.25) is 6.08 Å². The summed E-state index contributed by atoms with van der Waals surface area (Å²) in [5, 5.41) is 0. The van der Waals surface area contributed by atoms with Crippen LogP contribution in [-0.2, 0) is 27.5 Å². The van der Waals surface area contributed by atoms with Crippen LogP contribution in [0, 0.1) is 0 Å². The summed E-state index contributed by atoms with van der Waals surface area (Å²) in [7, 11) is 0. The van der Waals surface area contributed by atoms with Gasteiger partial charge >= 0.3 is 11.9 Å². The molecule has 3 aromatic carbocycles. The Bertz CT molecular complexity index is 968. The number of benzene rings is 3. The highest BCUT2D eigenvalue weighted by molar-refractivity contribution is 5.96. The summed E-state index contributed by atoms with van der Waals surface area (Å²) >= 11 is 0. The largest absolute Gasteiger partial charge is 0.457 e. The third kappa shape index (κ3) is 5.73. The second-order valence-electron chi connectivity index (χ2n) is 6.10. The van der Waals surface area contributed by atoms with Gasteiger partial charge in [-0.15, -0.1) is 0 Å². The van der Waals surface area contributed by atoms with Crippen molar-refractivity contribution in [3.8, 4) is 0 Å². The number of hydrogen-bond donors (Lipinski definition) is 0. The second kappa shape index (κ2) is 9.78. The molecule has 0 atom stereocenters. The smallest absolute Gasteiger partial charge is 0.338 e. The number of nitrogens with zero attached hydrogens (tertiary/aromatic N) is 1. The molecule has 0 unspecified atom stereocenters. The van der Waals surface area contributed by atoms with Gasteiger partial charge in [-0.25, -0.2) is 14.4 Å². The minimum absolute atomic E-state index is 0.0780. The quantitative estimate of drug-likeness (QED) is 0.342. The summed E-state index contributed by atoms with van der Waals surface area (Å²) in [6.45, 7) is 0.156. The first-order chi connectivity index (χ1) is 14.2. The third-order valence-corrected chi connectivity index (χ3v) is 3.99. The van der Waals surface area contributed by atoms with E-state index >= 15 is 0 Å². The van der Waals surface area contributed by atoms with Crippen LogP contribution in [0.2, 0.25) is 0 Å². The van der Waals surface area contributed by atoms with Crippen LogP contribution < -0.4 is 0 Å². The zero-order valence-corrected chi connectivity index (χ0v) is 15.4. The van der Waals surface area contributed by atoms with Gasteiger partial charge in [0.25, 0.3) is 0 Å². The first-order valence-electron chi connectivity index (χ1n) is 8.81. The Hall–Kier alpha value is -4.02. The van der Waals surface area contributed by atoms with Crippen molar-refractivity contribution in [3.63, 3.8) is 0 Å². The molecular formula is C23H17NO5. The first-order valence-corrected chi connectivity index (χ1v) is 8.81. The van der Waals surface area contributed by atoms with Crippen molar-refractivity contribution in [2.75, 3.05) is 0 Å². The summed E-state index contributed by atoms with van der Waals surface area (Å²) in [6, 6.07) is 22.4. The lowest BCUT2D eigenvalue weighted by molar-refractivity contribution is 0.0470. The highest BCUT2D eigenvalue weighted by Crippen LogP contribution is 2.20. The maximum absolute atomic E-state index is 12.4. The SMILES string of the molecule is O=C=Nc1cc(C(=O)OCc2ccccc2)cc(C(=O)OCc2ccccc2)c1. The summed E-state index contributed by atoms with van der Waals surface area (Å²) in [5.41, 5.74) is 1.94. The van der Waals surface area contributed by atoms with E-state index in [9.17, 15) is 14.4 Å². The summed E-state index contributed by atoms with van der Waals surface area (Å²) in [5.74, 6) is -1.29. The van der Waals surface area contributed by atoms with Crippen molar-refractivity contribution in [3.05, 3.63) is 101 Å². The summed E-state index contributed by atoms with van der Waals surface area (Å²) in [4.78, 5) is 39.0. The number of isocyanates is 1. The number of esters is 2. The molecule has 0 fully saturated rings. The van der Waals surface area contributed by atoms with Crippen LogP contribution >= 0.6 is 0 Å². The van der Waals surface area contributed by atoms with Crippen molar-refractivity contribution in [1.82, 2.24) is 0 Å². The van der Waals surface area contributed by atoms with E-state index < -0.39 is 11.9 Å². The van der Waals surface area contributed by atoms with Crippen molar-refractivity contribution in [2.45, 2.75) is 13.2 Å². The molecule has 0 heterocycles. The highest BCUT2D eigenvalue weighted by Gasteiger charge is 2.15. The molecule has 6 heteroatoms. The molecule has 0 saturated heterocycles. The van der Waals surface area contributed by atoms with Crippen LogP contribution in [0.15, 0.2) is 83.9 Å². The molecule has 0 spiro atoms. The first kappa shape index (κ1) is 19.7. The van der Waals surface area contributed by atoms with Crippen LogP contribution in [-0.4, -0.2) is 18.0 Å². The van der Waals surface area contributed by atoms with E-state index in [1.807, 2.05) is 60.7 Å². The fourth-order valence-electron chi connectivity index (χ4n) is 2.58. The van der Waals surface area contributed by atoms with Gasteiger partial charge in [0, 0.05) is 0 Å². The van der Waals surface area contributed by atoms with E-state index in [1.165, 1.54) is 24.3 Å². The van der Waals surface area contributed by atoms with Crippen LogP contribution in [0.3, 0.4) is 0 Å². The van der Waals surface area contributed by atoms with E-state index in [0.29, 0.717) is 0 Å². The normalized spacial score (nSPS) is 9.93. The minimum atomic E-state index is -0.645. The Labute approximate surface area is 167 Å². The number of ether oxygens (including phenoxy) is 2. The second-order valence-corrected chi connectivity index (χ2v) is 6.10. The molecule has 29 heavy (non-hydrogen) atoms. The number of carbonyl (C=O) groups excluding carboxylic acids is 3. The third-order valence-electron chi connectivity index (χ3n) is 3.99. The molecule has 0 amide bonds. The Morgan fingerprint density at radius 1 is 0.724 bits per heavy atom. The molecule has 0 radical (unpaired) electrons. The lowest BCUT2D eigenvalue weighted by Crippen LogP contribution is -2.09. The minimum Gasteiger partial charge on any atom is -0.457 e. The number of carbonyl (C=O) groups is 2. The van der Waals surface area contributed by atoms with E-state index in [-0.39, 0.29) is 30.0 Å². The number of aliphatic imine (C=N–C) groups is 1. The van der Waals surface area contributed by atoms with Crippen molar-refractivity contribution >= 4 is 23.7 Å². The lowest BCUT2D eigenvalue weighted by atomic mass is 10.1. The molecule has 0 saturated carbocycles. The summed E-state index contributed by atoms with van der Waals surface area (Å²) in [6.07, 6.45) is 1.40. The molecule has 0 bridgehead atoms. The van der Waals surface area contributed by atoms with Crippen LogP contribution in [0.5, 0.6) is 0 Å². The maximum Gasteiger partial charge on any atom is 0.338 e. The Morgan fingerprint density at radius 3 is 1.59 bits per heavy atom. The van der Waals surface area contributed by atoms with Gasteiger partial charge in [-0.3, -0.25) is 0 Å². The molecule has 0 N–H and O–H groups in total. The van der Waals surface area contributed by atoms with Gasteiger partial charge in [-0.2, -0.15) is 4.99 Å². The summed E-state index contributed by atoms with van der Waals surface area (Å²) < 4.78 is 10.6. The van der Waals surface area contributed by atoms with E-state index in [0.717, 1.165) is 11.1 Å². The van der Waals surface area contributed by atoms with Gasteiger partial charge in [-0.05, 0) is 29.3 Å². The van der Waals surface area contributed by atoms with Crippen molar-refractivity contribution in [1.29, 1.82) is 0 Å². The van der Waals surface area contributed by atoms with E-state index in [2.05, 4.69) is 4.99 Å². The average Bonchev–Trinajstić information content (AvgIpc) is 2.77. The Morgan fingerprint density at radius 2 is 1.17 bits per heavy atom. The zero-order chi connectivity index (χ0) is 20.5.